The molecule has 0 fully saturated rings. The zero-order valence-corrected chi connectivity index (χ0v) is 12.5. The second-order valence-corrected chi connectivity index (χ2v) is 5.96. The molecule has 1 aromatic heterocycles. The molecule has 0 spiro atoms. The normalized spacial score (nSPS) is 11.2. The third kappa shape index (κ3) is 3.56. The maximum absolute atomic E-state index is 11.4. The van der Waals surface area contributed by atoms with Crippen molar-refractivity contribution >= 4 is 27.8 Å². The molecule has 9 nitrogen and oxygen atoms in total. The summed E-state index contributed by atoms with van der Waals surface area (Å²) >= 11 is 0. The van der Waals surface area contributed by atoms with E-state index >= 15 is 0 Å². The number of hydrogen-bond acceptors (Lipinski definition) is 6. The second kappa shape index (κ2) is 6.20. The van der Waals surface area contributed by atoms with Crippen molar-refractivity contribution in [3.8, 4) is 11.1 Å². The summed E-state index contributed by atoms with van der Waals surface area (Å²) in [7, 11) is -4.27. The van der Waals surface area contributed by atoms with Crippen LogP contribution in [0.5, 0.6) is 0 Å². The van der Waals surface area contributed by atoms with Crippen LogP contribution in [0, 0.1) is 0 Å². The Bertz CT molecular complexity index is 855. The number of nitrogens with two attached hydrogens (primary N) is 2. The number of anilines is 1. The molecule has 1 heterocycles. The largest absolute Gasteiger partial charge is 0.543 e. The molecule has 0 atom stereocenters. The van der Waals surface area contributed by atoms with E-state index in [4.69, 9.17) is 10.9 Å². The van der Waals surface area contributed by atoms with Gasteiger partial charge in [0.2, 0.25) is 5.91 Å². The molecule has 2 aromatic rings. The third-order valence-electron chi connectivity index (χ3n) is 2.98. The zero-order chi connectivity index (χ0) is 17.2. The highest BCUT2D eigenvalue weighted by Gasteiger charge is 2.18. The maximum atomic E-state index is 11.4. The van der Waals surface area contributed by atoms with Crippen LogP contribution < -0.4 is 21.3 Å². The van der Waals surface area contributed by atoms with Crippen molar-refractivity contribution in [3.05, 3.63) is 42.2 Å². The van der Waals surface area contributed by atoms with Crippen molar-refractivity contribution in [2.75, 3.05) is 11.9 Å². The monoisotopic (exact) mass is 337 g/mol. The zero-order valence-electron chi connectivity index (χ0n) is 11.7. The fourth-order valence-corrected chi connectivity index (χ4v) is 2.66. The van der Waals surface area contributed by atoms with E-state index in [0.29, 0.717) is 15.2 Å². The van der Waals surface area contributed by atoms with Gasteiger partial charge in [-0.1, -0.05) is 12.1 Å². The number of rotatable bonds is 5. The van der Waals surface area contributed by atoms with Gasteiger partial charge in [-0.05, 0) is 23.8 Å². The van der Waals surface area contributed by atoms with Crippen LogP contribution in [0.15, 0.2) is 36.5 Å². The molecule has 5 N–H and O–H groups in total. The minimum Gasteiger partial charge on any atom is -0.543 e. The molecule has 0 saturated carbocycles. The van der Waals surface area contributed by atoms with Gasteiger partial charge in [0.15, 0.2) is 0 Å². The number of nitrogens with zero attached hydrogens (tertiary/aromatic N) is 1. The summed E-state index contributed by atoms with van der Waals surface area (Å²) in [6, 6.07) is 7.37. The molecule has 1 aromatic carbocycles. The third-order valence-corrected chi connectivity index (χ3v) is 3.84. The predicted octanol–water partition coefficient (Wildman–Crippen LogP) is -1.53. The standard InChI is InChI=1S/C13H14N4O5S/c14-7-11(18)16-9-3-1-8(2-4-9)10-5-6-17(23(15,21)22)12(10)13(19)20/h1-6H,7,14H2,(H,16,18)(H,19,20)(H2,15,21,22)/p-1. The van der Waals surface area contributed by atoms with Crippen molar-refractivity contribution in [2.24, 2.45) is 10.9 Å². The van der Waals surface area contributed by atoms with Gasteiger partial charge in [0, 0.05) is 17.4 Å². The van der Waals surface area contributed by atoms with Crippen molar-refractivity contribution < 1.29 is 23.1 Å². The number of carbonyl (C=O) groups is 2. The van der Waals surface area contributed by atoms with Gasteiger partial charge in [-0.3, -0.25) is 4.79 Å². The number of carbonyl (C=O) groups excluding carboxylic acids is 2. The van der Waals surface area contributed by atoms with Gasteiger partial charge in [-0.25, -0.2) is 9.11 Å². The van der Waals surface area contributed by atoms with Crippen LogP contribution in [0.3, 0.4) is 0 Å². The fraction of sp³-hybridized carbons (Fsp3) is 0.0769. The lowest BCUT2D eigenvalue weighted by Crippen LogP contribution is -2.31. The van der Waals surface area contributed by atoms with Gasteiger partial charge in [-0.2, -0.15) is 8.42 Å². The Balaban J connectivity index is 2.45. The number of aromatic nitrogens is 1. The Hall–Kier alpha value is -2.69. The molecule has 0 aliphatic rings. The Morgan fingerprint density at radius 3 is 2.26 bits per heavy atom. The average molecular weight is 337 g/mol. The van der Waals surface area contributed by atoms with Crippen LogP contribution in [0.1, 0.15) is 10.5 Å². The average Bonchev–Trinajstić information content (AvgIpc) is 2.93. The molecule has 0 unspecified atom stereocenters. The lowest BCUT2D eigenvalue weighted by Gasteiger charge is -2.11. The number of carboxylic acids is 1. The van der Waals surface area contributed by atoms with Crippen LogP contribution in [0.4, 0.5) is 5.69 Å². The number of amides is 1. The maximum Gasteiger partial charge on any atom is 0.302 e. The van der Waals surface area contributed by atoms with Crippen molar-refractivity contribution in [1.29, 1.82) is 0 Å². The molecule has 2 rings (SSSR count). The molecule has 0 aliphatic heterocycles. The van der Waals surface area contributed by atoms with E-state index in [1.807, 2.05) is 0 Å². The first kappa shape index (κ1) is 16.7. The minimum atomic E-state index is -4.27. The molecule has 122 valence electrons. The van der Waals surface area contributed by atoms with E-state index in [2.05, 4.69) is 5.32 Å². The Morgan fingerprint density at radius 1 is 1.17 bits per heavy atom. The van der Waals surface area contributed by atoms with E-state index in [-0.39, 0.29) is 18.0 Å². The lowest BCUT2D eigenvalue weighted by atomic mass is 10.1. The number of aromatic carboxylic acids is 1. The van der Waals surface area contributed by atoms with Crippen LogP contribution in [0.2, 0.25) is 0 Å². The summed E-state index contributed by atoms with van der Waals surface area (Å²) in [5.41, 5.74) is 5.60. The Kier molecular flexibility index (Phi) is 4.50. The predicted molar refractivity (Wildman–Crippen MR) is 80.4 cm³/mol. The quantitative estimate of drug-likeness (QED) is 0.599. The molecule has 0 radical (unpaired) electrons. The summed E-state index contributed by atoms with van der Waals surface area (Å²) in [5.74, 6) is -2.06. The Labute approximate surface area is 131 Å². The minimum absolute atomic E-state index is 0.121. The highest BCUT2D eigenvalue weighted by Crippen LogP contribution is 2.26. The van der Waals surface area contributed by atoms with Gasteiger partial charge < -0.3 is 21.0 Å². The van der Waals surface area contributed by atoms with Crippen molar-refractivity contribution in [3.63, 3.8) is 0 Å². The smallest absolute Gasteiger partial charge is 0.302 e. The van der Waals surface area contributed by atoms with Crippen LogP contribution in [0.25, 0.3) is 11.1 Å². The van der Waals surface area contributed by atoms with E-state index in [1.54, 1.807) is 0 Å². The fourth-order valence-electron chi connectivity index (χ4n) is 2.00. The molecule has 1 amide bonds. The van der Waals surface area contributed by atoms with E-state index in [1.165, 1.54) is 30.3 Å². The molecule has 0 aliphatic carbocycles. The first-order valence-electron chi connectivity index (χ1n) is 6.30. The molecule has 23 heavy (non-hydrogen) atoms. The molecule has 10 heteroatoms. The topological polar surface area (TPSA) is 160 Å². The second-order valence-electron chi connectivity index (χ2n) is 4.54. The first-order valence-corrected chi connectivity index (χ1v) is 7.80. The van der Waals surface area contributed by atoms with Gasteiger partial charge >= 0.3 is 10.2 Å². The van der Waals surface area contributed by atoms with Crippen LogP contribution >= 0.6 is 0 Å². The van der Waals surface area contributed by atoms with Crippen LogP contribution in [-0.2, 0) is 15.0 Å². The van der Waals surface area contributed by atoms with Gasteiger partial charge in [0.25, 0.3) is 0 Å². The SMILES string of the molecule is NCC(=O)Nc1ccc(-c2ccn(S(N)(=O)=O)c2C(=O)[O-])cc1. The highest BCUT2D eigenvalue weighted by molar-refractivity contribution is 7.87. The van der Waals surface area contributed by atoms with E-state index < -0.39 is 21.9 Å². The first-order chi connectivity index (χ1) is 10.7. The lowest BCUT2D eigenvalue weighted by molar-refractivity contribution is -0.255. The number of benzene rings is 1. The van der Waals surface area contributed by atoms with Crippen molar-refractivity contribution in [1.82, 2.24) is 3.97 Å². The van der Waals surface area contributed by atoms with E-state index in [0.717, 1.165) is 6.20 Å². The number of hydrogen-bond donors (Lipinski definition) is 3. The van der Waals surface area contributed by atoms with E-state index in [9.17, 15) is 23.1 Å². The van der Waals surface area contributed by atoms with Crippen molar-refractivity contribution in [2.45, 2.75) is 0 Å². The molecule has 0 saturated heterocycles. The molecule has 0 bridgehead atoms. The summed E-state index contributed by atoms with van der Waals surface area (Å²) < 4.78 is 23.2. The molecular formula is C13H13N4O5S-. The summed E-state index contributed by atoms with van der Waals surface area (Å²) in [6.45, 7) is -0.173. The number of nitrogens with one attached hydrogen (secondary N) is 1. The summed E-state index contributed by atoms with van der Waals surface area (Å²) in [6.07, 6.45) is 1.03. The molecular weight excluding hydrogens is 324 g/mol. The van der Waals surface area contributed by atoms with Gasteiger partial charge in [-0.15, -0.1) is 0 Å². The Morgan fingerprint density at radius 2 is 1.78 bits per heavy atom. The summed E-state index contributed by atoms with van der Waals surface area (Å²) in [5, 5.41) is 18.7. The summed E-state index contributed by atoms with van der Waals surface area (Å²) in [4.78, 5) is 22.4. The van der Waals surface area contributed by atoms with Crippen LogP contribution in [-0.4, -0.2) is 30.8 Å². The highest BCUT2D eigenvalue weighted by atomic mass is 32.2. The van der Waals surface area contributed by atoms with Gasteiger partial charge in [0.05, 0.1) is 18.2 Å². The van der Waals surface area contributed by atoms with Gasteiger partial charge in [0.1, 0.15) is 0 Å². The number of carboxylic acid groups (broad SMARTS) is 1.